The van der Waals surface area contributed by atoms with E-state index in [1.807, 2.05) is 4.90 Å². The molecular formula is C28H27F6N3O5S. The Morgan fingerprint density at radius 2 is 1.70 bits per heavy atom. The van der Waals surface area contributed by atoms with Gasteiger partial charge >= 0.3 is 12.4 Å². The number of hydrogen-bond acceptors (Lipinski definition) is 8. The fraction of sp³-hybridized carbons (Fsp3) is 0.429. The molecule has 3 aliphatic rings. The highest BCUT2D eigenvalue weighted by Gasteiger charge is 2.38. The van der Waals surface area contributed by atoms with Gasteiger partial charge in [0.05, 0.1) is 36.4 Å². The summed E-state index contributed by atoms with van der Waals surface area (Å²) in [6, 6.07) is 5.96. The van der Waals surface area contributed by atoms with E-state index >= 15 is 0 Å². The van der Waals surface area contributed by atoms with Crippen LogP contribution in [0.5, 0.6) is 11.5 Å². The smallest absolute Gasteiger partial charge is 0.416 e. The van der Waals surface area contributed by atoms with Crippen molar-refractivity contribution in [1.29, 1.82) is 0 Å². The molecule has 2 fully saturated rings. The molecule has 232 valence electrons. The SMILES string of the molecule is COc1cc(/C=C2/SC(N3CCN(CC4OCCO4)CC3)=NC2=O)ccc1OCc1ccc(C(F)(F)F)cc1C(F)(F)F. The van der Waals surface area contributed by atoms with Crippen LogP contribution in [0.15, 0.2) is 46.3 Å². The van der Waals surface area contributed by atoms with E-state index in [2.05, 4.69) is 9.89 Å². The van der Waals surface area contributed by atoms with Crippen molar-refractivity contribution in [3.8, 4) is 11.5 Å². The highest BCUT2D eigenvalue weighted by atomic mass is 32.2. The van der Waals surface area contributed by atoms with E-state index in [0.29, 0.717) is 54.6 Å². The lowest BCUT2D eigenvalue weighted by molar-refractivity contribution is -0.143. The molecule has 0 bridgehead atoms. The number of alkyl halides is 6. The maximum atomic E-state index is 13.5. The van der Waals surface area contributed by atoms with Crippen molar-refractivity contribution < 1.29 is 50.1 Å². The van der Waals surface area contributed by atoms with E-state index < -0.39 is 41.6 Å². The molecule has 2 aromatic rings. The zero-order chi connectivity index (χ0) is 30.8. The Labute approximate surface area is 247 Å². The van der Waals surface area contributed by atoms with Gasteiger partial charge in [-0.25, -0.2) is 0 Å². The largest absolute Gasteiger partial charge is 0.493 e. The van der Waals surface area contributed by atoms with Gasteiger partial charge in [-0.1, -0.05) is 12.1 Å². The van der Waals surface area contributed by atoms with E-state index in [9.17, 15) is 31.1 Å². The normalized spacial score (nSPS) is 19.8. The number of benzene rings is 2. The van der Waals surface area contributed by atoms with Crippen LogP contribution in [0, 0.1) is 0 Å². The molecule has 0 radical (unpaired) electrons. The van der Waals surface area contributed by atoms with E-state index in [4.69, 9.17) is 18.9 Å². The second-order valence-corrected chi connectivity index (χ2v) is 10.8. The van der Waals surface area contributed by atoms with Gasteiger partial charge in [0.15, 0.2) is 23.0 Å². The standard InChI is InChI=1S/C28H27F6N3O5S/c1-39-22-12-17(2-5-21(22)42-16-18-3-4-19(27(29,30)31)14-20(18)28(32,33)34)13-23-25(38)35-26(43-23)37-8-6-36(7-9-37)15-24-40-10-11-41-24/h2-5,12-14,24H,6-11,15-16H2,1H3/b23-13+. The molecular weight excluding hydrogens is 604 g/mol. The van der Waals surface area contributed by atoms with Gasteiger partial charge in [0, 0.05) is 38.3 Å². The molecule has 0 atom stereocenters. The summed E-state index contributed by atoms with van der Waals surface area (Å²) in [6.45, 7) is 4.15. The number of aliphatic imine (C=N–C) groups is 1. The first-order valence-electron chi connectivity index (χ1n) is 13.2. The quantitative estimate of drug-likeness (QED) is 0.303. The number of thioether (sulfide) groups is 1. The predicted molar refractivity (Wildman–Crippen MR) is 145 cm³/mol. The summed E-state index contributed by atoms with van der Waals surface area (Å²) in [6.07, 6.45) is -8.53. The van der Waals surface area contributed by atoms with Crippen molar-refractivity contribution in [2.45, 2.75) is 25.2 Å². The molecule has 0 N–H and O–H groups in total. The molecule has 0 unspecified atom stereocenters. The lowest BCUT2D eigenvalue weighted by Crippen LogP contribution is -2.49. The number of amidine groups is 1. The third-order valence-corrected chi connectivity index (χ3v) is 8.01. The molecule has 5 rings (SSSR count). The Bertz CT molecular complexity index is 1400. The number of carbonyl (C=O) groups is 1. The van der Waals surface area contributed by atoms with Crippen LogP contribution in [0.1, 0.15) is 22.3 Å². The summed E-state index contributed by atoms with van der Waals surface area (Å²) in [5.41, 5.74) is -2.75. The summed E-state index contributed by atoms with van der Waals surface area (Å²) in [4.78, 5) is 21.5. The first-order chi connectivity index (χ1) is 20.4. The van der Waals surface area contributed by atoms with Gasteiger partial charge in [0.25, 0.3) is 5.91 Å². The number of carbonyl (C=O) groups excluding carboxylic acids is 1. The Hall–Kier alpha value is -3.27. The van der Waals surface area contributed by atoms with Gasteiger partial charge in [-0.2, -0.15) is 31.3 Å². The number of nitrogens with zero attached hydrogens (tertiary/aromatic N) is 3. The maximum absolute atomic E-state index is 13.5. The monoisotopic (exact) mass is 631 g/mol. The Morgan fingerprint density at radius 3 is 2.35 bits per heavy atom. The van der Waals surface area contributed by atoms with Crippen molar-refractivity contribution in [2.75, 3.05) is 53.0 Å². The van der Waals surface area contributed by atoms with E-state index in [0.717, 1.165) is 19.2 Å². The number of piperazine rings is 1. The first kappa shape index (κ1) is 31.2. The molecule has 3 heterocycles. The molecule has 1 amide bonds. The second kappa shape index (κ2) is 12.8. The van der Waals surface area contributed by atoms with Crippen LogP contribution in [0.3, 0.4) is 0 Å². The summed E-state index contributed by atoms with van der Waals surface area (Å²) in [7, 11) is 1.33. The average Bonchev–Trinajstić information content (AvgIpc) is 3.61. The topological polar surface area (TPSA) is 72.8 Å². The molecule has 15 heteroatoms. The molecule has 0 spiro atoms. The van der Waals surface area contributed by atoms with Gasteiger partial charge in [-0.15, -0.1) is 0 Å². The molecule has 0 aromatic heterocycles. The molecule has 43 heavy (non-hydrogen) atoms. The summed E-state index contributed by atoms with van der Waals surface area (Å²) < 4.78 is 101. The number of amides is 1. The summed E-state index contributed by atoms with van der Waals surface area (Å²) in [5.74, 6) is -0.152. The molecule has 2 aromatic carbocycles. The third-order valence-electron chi connectivity index (χ3n) is 6.96. The molecule has 3 aliphatic heterocycles. The highest BCUT2D eigenvalue weighted by molar-refractivity contribution is 8.18. The fourth-order valence-corrected chi connectivity index (χ4v) is 5.69. The van der Waals surface area contributed by atoms with Crippen LogP contribution < -0.4 is 9.47 Å². The van der Waals surface area contributed by atoms with Crippen LogP contribution in [-0.4, -0.2) is 80.2 Å². The number of halogens is 6. The van der Waals surface area contributed by atoms with Crippen LogP contribution in [0.25, 0.3) is 6.08 Å². The zero-order valence-electron chi connectivity index (χ0n) is 22.8. The fourth-order valence-electron chi connectivity index (χ4n) is 4.72. The van der Waals surface area contributed by atoms with Crippen molar-refractivity contribution in [3.05, 3.63) is 63.6 Å². The van der Waals surface area contributed by atoms with Crippen LogP contribution in [0.4, 0.5) is 26.3 Å². The third kappa shape index (κ3) is 7.63. The molecule has 8 nitrogen and oxygen atoms in total. The van der Waals surface area contributed by atoms with Gasteiger partial charge in [0.2, 0.25) is 0 Å². The van der Waals surface area contributed by atoms with E-state index in [1.165, 1.54) is 31.0 Å². The van der Waals surface area contributed by atoms with Gasteiger partial charge in [0.1, 0.15) is 6.61 Å². The van der Waals surface area contributed by atoms with Crippen LogP contribution >= 0.6 is 11.8 Å². The van der Waals surface area contributed by atoms with Crippen molar-refractivity contribution in [3.63, 3.8) is 0 Å². The highest BCUT2D eigenvalue weighted by Crippen LogP contribution is 2.39. The Balaban J connectivity index is 1.22. The minimum absolute atomic E-state index is 0.0676. The minimum Gasteiger partial charge on any atom is -0.493 e. The number of hydrogen-bond donors (Lipinski definition) is 0. The maximum Gasteiger partial charge on any atom is 0.416 e. The average molecular weight is 632 g/mol. The molecule has 2 saturated heterocycles. The zero-order valence-corrected chi connectivity index (χ0v) is 23.7. The molecule has 0 aliphatic carbocycles. The second-order valence-electron chi connectivity index (χ2n) is 9.84. The van der Waals surface area contributed by atoms with Crippen molar-refractivity contribution in [2.24, 2.45) is 4.99 Å². The summed E-state index contributed by atoms with van der Waals surface area (Å²) in [5, 5.41) is 0.605. The molecule has 0 saturated carbocycles. The minimum atomic E-state index is -5.01. The first-order valence-corrected chi connectivity index (χ1v) is 14.0. The number of methoxy groups -OCH3 is 1. The van der Waals surface area contributed by atoms with Gasteiger partial charge < -0.3 is 23.8 Å². The van der Waals surface area contributed by atoms with Crippen LogP contribution in [-0.2, 0) is 33.2 Å². The van der Waals surface area contributed by atoms with Crippen molar-refractivity contribution in [1.82, 2.24) is 9.80 Å². The van der Waals surface area contributed by atoms with E-state index in [-0.39, 0.29) is 23.9 Å². The Kier molecular flexibility index (Phi) is 9.25. The number of ether oxygens (including phenoxy) is 4. The number of rotatable bonds is 7. The van der Waals surface area contributed by atoms with Crippen LogP contribution in [0.2, 0.25) is 0 Å². The van der Waals surface area contributed by atoms with Gasteiger partial charge in [-0.3, -0.25) is 9.69 Å². The van der Waals surface area contributed by atoms with Crippen molar-refractivity contribution >= 4 is 28.9 Å². The van der Waals surface area contributed by atoms with Gasteiger partial charge in [-0.05, 0) is 47.7 Å². The Morgan fingerprint density at radius 1 is 0.977 bits per heavy atom. The van der Waals surface area contributed by atoms with E-state index in [1.54, 1.807) is 12.1 Å². The predicted octanol–water partition coefficient (Wildman–Crippen LogP) is 5.27. The lowest BCUT2D eigenvalue weighted by atomic mass is 10.0. The summed E-state index contributed by atoms with van der Waals surface area (Å²) >= 11 is 1.25. The lowest BCUT2D eigenvalue weighted by Gasteiger charge is -2.35.